The summed E-state index contributed by atoms with van der Waals surface area (Å²) in [6.45, 7) is 14.2. The zero-order valence-corrected chi connectivity index (χ0v) is 11.0. The molecule has 0 radical (unpaired) electrons. The third kappa shape index (κ3) is 5.53. The molecule has 0 bridgehead atoms. The Hall–Kier alpha value is -0.0800. The predicted octanol–water partition coefficient (Wildman–Crippen LogP) is 2.50. The van der Waals surface area contributed by atoms with Crippen LogP contribution in [0.5, 0.6) is 0 Å². The van der Waals surface area contributed by atoms with Gasteiger partial charge in [-0.05, 0) is 37.8 Å². The second kappa shape index (κ2) is 5.86. The molecule has 0 aromatic carbocycles. The number of hydrogen-bond acceptors (Lipinski definition) is 2. The van der Waals surface area contributed by atoms with Crippen LogP contribution in [0, 0.1) is 5.41 Å². The van der Waals surface area contributed by atoms with E-state index in [1.165, 1.54) is 45.4 Å². The first-order chi connectivity index (χ1) is 7.01. The lowest BCUT2D eigenvalue weighted by molar-refractivity contribution is 0.178. The molecule has 0 aromatic heterocycles. The van der Waals surface area contributed by atoms with Gasteiger partial charge in [0, 0.05) is 19.1 Å². The molecule has 0 amide bonds. The molecule has 0 aliphatic carbocycles. The predicted molar refractivity (Wildman–Crippen MR) is 67.2 cm³/mol. The lowest BCUT2D eigenvalue weighted by atomic mass is 9.95. The highest BCUT2D eigenvalue weighted by Crippen LogP contribution is 2.17. The van der Waals surface area contributed by atoms with Crippen molar-refractivity contribution in [3.63, 3.8) is 0 Å². The molecule has 0 saturated carbocycles. The minimum absolute atomic E-state index is 0.424. The van der Waals surface area contributed by atoms with Crippen molar-refractivity contribution in [2.75, 3.05) is 26.2 Å². The Balaban J connectivity index is 2.35. The van der Waals surface area contributed by atoms with Gasteiger partial charge in [-0.15, -0.1) is 0 Å². The van der Waals surface area contributed by atoms with Crippen LogP contribution in [0.25, 0.3) is 0 Å². The molecule has 1 rings (SSSR count). The lowest BCUT2D eigenvalue weighted by Crippen LogP contribution is -2.41. The van der Waals surface area contributed by atoms with Gasteiger partial charge in [0.2, 0.25) is 0 Å². The second-order valence-electron chi connectivity index (χ2n) is 6.09. The van der Waals surface area contributed by atoms with Gasteiger partial charge in [0.25, 0.3) is 0 Å². The monoisotopic (exact) mass is 212 g/mol. The van der Waals surface area contributed by atoms with E-state index in [4.69, 9.17) is 0 Å². The summed E-state index contributed by atoms with van der Waals surface area (Å²) in [5.41, 5.74) is 0.424. The van der Waals surface area contributed by atoms with Gasteiger partial charge in [-0.1, -0.05) is 27.7 Å². The average Bonchev–Trinajstić information content (AvgIpc) is 2.54. The fraction of sp³-hybridized carbons (Fsp3) is 1.00. The molecular weight excluding hydrogens is 184 g/mol. The van der Waals surface area contributed by atoms with E-state index in [1.54, 1.807) is 0 Å². The molecule has 2 nitrogen and oxygen atoms in total. The molecule has 1 aliphatic rings. The standard InChI is InChI=1S/C13H28N2/c1-5-9-15(11-13(2,3)4)10-12-7-6-8-14-12/h12,14H,5-11H2,1-4H3. The summed E-state index contributed by atoms with van der Waals surface area (Å²) < 4.78 is 0. The highest BCUT2D eigenvalue weighted by atomic mass is 15.2. The summed E-state index contributed by atoms with van der Waals surface area (Å²) in [6.07, 6.45) is 3.99. The first kappa shape index (κ1) is 13.0. The Labute approximate surface area is 95.4 Å². The molecule has 1 N–H and O–H groups in total. The molecule has 2 heteroatoms. The first-order valence-corrected chi connectivity index (χ1v) is 6.47. The fourth-order valence-electron chi connectivity index (χ4n) is 2.45. The van der Waals surface area contributed by atoms with E-state index in [2.05, 4.69) is 37.9 Å². The molecule has 90 valence electrons. The highest BCUT2D eigenvalue weighted by Gasteiger charge is 2.21. The maximum absolute atomic E-state index is 3.59. The maximum atomic E-state index is 3.59. The number of hydrogen-bond donors (Lipinski definition) is 1. The van der Waals surface area contributed by atoms with Crippen molar-refractivity contribution in [3.05, 3.63) is 0 Å². The lowest BCUT2D eigenvalue weighted by Gasteiger charge is -2.31. The topological polar surface area (TPSA) is 15.3 Å². The third-order valence-corrected chi connectivity index (χ3v) is 2.88. The average molecular weight is 212 g/mol. The van der Waals surface area contributed by atoms with Crippen LogP contribution >= 0.6 is 0 Å². The van der Waals surface area contributed by atoms with Crippen molar-refractivity contribution in [3.8, 4) is 0 Å². The van der Waals surface area contributed by atoms with Gasteiger partial charge in [0.15, 0.2) is 0 Å². The molecule has 1 heterocycles. The summed E-state index contributed by atoms with van der Waals surface area (Å²) >= 11 is 0. The Morgan fingerprint density at radius 1 is 1.33 bits per heavy atom. The molecule has 1 atom stereocenters. The Morgan fingerprint density at radius 2 is 2.07 bits per heavy atom. The third-order valence-electron chi connectivity index (χ3n) is 2.88. The van der Waals surface area contributed by atoms with Crippen LogP contribution in [-0.4, -0.2) is 37.1 Å². The van der Waals surface area contributed by atoms with E-state index < -0.39 is 0 Å². The number of nitrogens with one attached hydrogen (secondary N) is 1. The van der Waals surface area contributed by atoms with Crippen LogP contribution < -0.4 is 5.32 Å². The summed E-state index contributed by atoms with van der Waals surface area (Å²) in [5.74, 6) is 0. The fourth-order valence-corrected chi connectivity index (χ4v) is 2.45. The van der Waals surface area contributed by atoms with E-state index >= 15 is 0 Å². The van der Waals surface area contributed by atoms with Crippen molar-refractivity contribution >= 4 is 0 Å². The molecule has 1 fully saturated rings. The zero-order chi connectivity index (χ0) is 11.3. The summed E-state index contributed by atoms with van der Waals surface area (Å²) in [4.78, 5) is 2.63. The number of rotatable bonds is 5. The molecule has 1 saturated heterocycles. The Morgan fingerprint density at radius 3 is 2.53 bits per heavy atom. The van der Waals surface area contributed by atoms with Crippen LogP contribution in [0.15, 0.2) is 0 Å². The van der Waals surface area contributed by atoms with Gasteiger partial charge in [-0.2, -0.15) is 0 Å². The van der Waals surface area contributed by atoms with Gasteiger partial charge in [-0.25, -0.2) is 0 Å². The van der Waals surface area contributed by atoms with Gasteiger partial charge in [-0.3, -0.25) is 0 Å². The molecule has 1 aliphatic heterocycles. The first-order valence-electron chi connectivity index (χ1n) is 6.47. The van der Waals surface area contributed by atoms with Crippen LogP contribution in [0.3, 0.4) is 0 Å². The SMILES string of the molecule is CCCN(CC1CCCN1)CC(C)(C)C. The smallest absolute Gasteiger partial charge is 0.0195 e. The van der Waals surface area contributed by atoms with E-state index in [0.29, 0.717) is 5.41 Å². The normalized spacial score (nSPS) is 22.6. The molecule has 1 unspecified atom stereocenters. The Kier molecular flexibility index (Phi) is 5.07. The van der Waals surface area contributed by atoms with Gasteiger partial charge in [0.05, 0.1) is 0 Å². The summed E-state index contributed by atoms with van der Waals surface area (Å²) in [7, 11) is 0. The highest BCUT2D eigenvalue weighted by molar-refractivity contribution is 4.79. The van der Waals surface area contributed by atoms with Gasteiger partial charge < -0.3 is 10.2 Å². The van der Waals surface area contributed by atoms with Crippen LogP contribution in [0.4, 0.5) is 0 Å². The zero-order valence-electron chi connectivity index (χ0n) is 11.0. The molecular formula is C13H28N2. The van der Waals surface area contributed by atoms with Crippen LogP contribution in [0.1, 0.15) is 47.0 Å². The van der Waals surface area contributed by atoms with Gasteiger partial charge >= 0.3 is 0 Å². The number of nitrogens with zero attached hydrogens (tertiary/aromatic N) is 1. The van der Waals surface area contributed by atoms with Gasteiger partial charge in [0.1, 0.15) is 0 Å². The second-order valence-corrected chi connectivity index (χ2v) is 6.09. The van der Waals surface area contributed by atoms with Crippen molar-refractivity contribution < 1.29 is 0 Å². The molecule has 0 spiro atoms. The minimum Gasteiger partial charge on any atom is -0.313 e. The van der Waals surface area contributed by atoms with E-state index in [0.717, 1.165) is 6.04 Å². The van der Waals surface area contributed by atoms with Crippen molar-refractivity contribution in [1.82, 2.24) is 10.2 Å². The quantitative estimate of drug-likeness (QED) is 0.753. The largest absolute Gasteiger partial charge is 0.313 e. The van der Waals surface area contributed by atoms with E-state index in [-0.39, 0.29) is 0 Å². The van der Waals surface area contributed by atoms with Crippen molar-refractivity contribution in [2.24, 2.45) is 5.41 Å². The molecule has 15 heavy (non-hydrogen) atoms. The van der Waals surface area contributed by atoms with E-state index in [9.17, 15) is 0 Å². The van der Waals surface area contributed by atoms with Crippen LogP contribution in [0.2, 0.25) is 0 Å². The van der Waals surface area contributed by atoms with Crippen molar-refractivity contribution in [1.29, 1.82) is 0 Å². The van der Waals surface area contributed by atoms with Crippen LogP contribution in [-0.2, 0) is 0 Å². The van der Waals surface area contributed by atoms with E-state index in [1.807, 2.05) is 0 Å². The molecule has 0 aromatic rings. The maximum Gasteiger partial charge on any atom is 0.0195 e. The summed E-state index contributed by atoms with van der Waals surface area (Å²) in [6, 6.07) is 0.749. The summed E-state index contributed by atoms with van der Waals surface area (Å²) in [5, 5.41) is 3.59. The van der Waals surface area contributed by atoms with Crippen molar-refractivity contribution in [2.45, 2.75) is 53.0 Å². The minimum atomic E-state index is 0.424. The Bertz CT molecular complexity index is 166.